The third kappa shape index (κ3) is 2.41. The van der Waals surface area contributed by atoms with Gasteiger partial charge in [-0.15, -0.1) is 0 Å². The number of hydrogen-bond donors (Lipinski definition) is 1. The van der Waals surface area contributed by atoms with Gasteiger partial charge < -0.3 is 5.73 Å². The molecule has 0 amide bonds. The van der Waals surface area contributed by atoms with E-state index < -0.39 is 0 Å². The van der Waals surface area contributed by atoms with Gasteiger partial charge in [-0.2, -0.15) is 0 Å². The van der Waals surface area contributed by atoms with E-state index in [0.29, 0.717) is 5.92 Å². The quantitative estimate of drug-likeness (QED) is 0.891. The van der Waals surface area contributed by atoms with E-state index in [1.165, 1.54) is 28.7 Å². The second-order valence-electron chi connectivity index (χ2n) is 5.53. The molecule has 0 saturated heterocycles. The third-order valence-electron chi connectivity index (χ3n) is 4.33. The standard InChI is InChI=1S/C17H20N2/c1-12-8-9-19-11-16(12)17(18)15-7-6-13-4-2-3-5-14(13)10-15/h2-5,8-9,11,15,17H,6-7,10,18H2,1H3. The van der Waals surface area contributed by atoms with Crippen LogP contribution < -0.4 is 5.73 Å². The number of hydrogen-bond acceptors (Lipinski definition) is 2. The molecular weight excluding hydrogens is 232 g/mol. The van der Waals surface area contributed by atoms with Crippen molar-refractivity contribution in [2.45, 2.75) is 32.2 Å². The Morgan fingerprint density at radius 2 is 2.00 bits per heavy atom. The molecule has 98 valence electrons. The average molecular weight is 252 g/mol. The summed E-state index contributed by atoms with van der Waals surface area (Å²) < 4.78 is 0. The summed E-state index contributed by atoms with van der Waals surface area (Å²) in [6, 6.07) is 10.9. The molecule has 1 aromatic heterocycles. The number of nitrogens with zero attached hydrogens (tertiary/aromatic N) is 1. The summed E-state index contributed by atoms with van der Waals surface area (Å²) in [5.74, 6) is 0.526. The number of aryl methyl sites for hydroxylation is 2. The molecule has 1 heterocycles. The molecule has 2 N–H and O–H groups in total. The molecule has 1 aromatic carbocycles. The van der Waals surface area contributed by atoms with Crippen LogP contribution in [0.15, 0.2) is 42.7 Å². The van der Waals surface area contributed by atoms with Gasteiger partial charge in [0.2, 0.25) is 0 Å². The number of rotatable bonds is 2. The van der Waals surface area contributed by atoms with E-state index in [1.807, 2.05) is 18.5 Å². The number of nitrogens with two attached hydrogens (primary N) is 1. The highest BCUT2D eigenvalue weighted by Crippen LogP contribution is 2.33. The fourth-order valence-electron chi connectivity index (χ4n) is 3.11. The van der Waals surface area contributed by atoms with Crippen LogP contribution in [0.2, 0.25) is 0 Å². The van der Waals surface area contributed by atoms with E-state index in [9.17, 15) is 0 Å². The predicted molar refractivity (Wildman–Crippen MR) is 77.9 cm³/mol. The fourth-order valence-corrected chi connectivity index (χ4v) is 3.11. The minimum absolute atomic E-state index is 0.0991. The van der Waals surface area contributed by atoms with Crippen LogP contribution in [0, 0.1) is 12.8 Å². The van der Waals surface area contributed by atoms with Crippen molar-refractivity contribution in [2.24, 2.45) is 11.7 Å². The molecule has 2 aromatic rings. The summed E-state index contributed by atoms with van der Waals surface area (Å²) in [7, 11) is 0. The molecule has 3 rings (SSSR count). The Bertz CT molecular complexity index is 577. The lowest BCUT2D eigenvalue weighted by molar-refractivity contribution is 0.381. The monoisotopic (exact) mass is 252 g/mol. The van der Waals surface area contributed by atoms with Crippen LogP contribution in [0.3, 0.4) is 0 Å². The van der Waals surface area contributed by atoms with Crippen molar-refractivity contribution in [1.82, 2.24) is 4.98 Å². The Labute approximate surface area is 114 Å². The SMILES string of the molecule is Cc1ccncc1C(N)C1CCc2ccccc2C1. The number of fused-ring (bicyclic) bond motifs is 1. The van der Waals surface area contributed by atoms with Crippen molar-refractivity contribution in [2.75, 3.05) is 0 Å². The van der Waals surface area contributed by atoms with Crippen LogP contribution in [0.5, 0.6) is 0 Å². The smallest absolute Gasteiger partial charge is 0.0344 e. The molecular formula is C17H20N2. The first kappa shape index (κ1) is 12.4. The molecule has 2 atom stereocenters. The zero-order valence-corrected chi connectivity index (χ0v) is 11.3. The molecule has 2 heteroatoms. The summed E-state index contributed by atoms with van der Waals surface area (Å²) in [5.41, 5.74) is 11.9. The first-order valence-corrected chi connectivity index (χ1v) is 6.98. The van der Waals surface area contributed by atoms with E-state index >= 15 is 0 Å². The van der Waals surface area contributed by atoms with Crippen molar-refractivity contribution >= 4 is 0 Å². The van der Waals surface area contributed by atoms with Gasteiger partial charge in [0.25, 0.3) is 0 Å². The van der Waals surface area contributed by atoms with Gasteiger partial charge in [0.1, 0.15) is 0 Å². The first-order valence-electron chi connectivity index (χ1n) is 6.98. The minimum atomic E-state index is 0.0991. The normalized spacial score (nSPS) is 19.8. The highest BCUT2D eigenvalue weighted by molar-refractivity contribution is 5.32. The van der Waals surface area contributed by atoms with Crippen molar-refractivity contribution in [3.8, 4) is 0 Å². The first-order chi connectivity index (χ1) is 9.25. The Hall–Kier alpha value is -1.67. The summed E-state index contributed by atoms with van der Waals surface area (Å²) >= 11 is 0. The summed E-state index contributed by atoms with van der Waals surface area (Å²) in [6.07, 6.45) is 7.17. The Balaban J connectivity index is 1.83. The Kier molecular flexibility index (Phi) is 3.34. The van der Waals surface area contributed by atoms with Gasteiger partial charge in [-0.25, -0.2) is 0 Å². The highest BCUT2D eigenvalue weighted by Gasteiger charge is 2.25. The van der Waals surface area contributed by atoms with E-state index in [1.54, 1.807) is 0 Å². The van der Waals surface area contributed by atoms with Crippen molar-refractivity contribution in [3.63, 3.8) is 0 Å². The lowest BCUT2D eigenvalue weighted by atomic mass is 9.78. The van der Waals surface area contributed by atoms with Crippen molar-refractivity contribution < 1.29 is 0 Å². The maximum atomic E-state index is 6.49. The van der Waals surface area contributed by atoms with Crippen LogP contribution in [-0.2, 0) is 12.8 Å². The van der Waals surface area contributed by atoms with Gasteiger partial charge in [-0.3, -0.25) is 4.98 Å². The summed E-state index contributed by atoms with van der Waals surface area (Å²) in [5, 5.41) is 0. The molecule has 2 unspecified atom stereocenters. The average Bonchev–Trinajstić information content (AvgIpc) is 2.46. The summed E-state index contributed by atoms with van der Waals surface area (Å²) in [4.78, 5) is 4.23. The van der Waals surface area contributed by atoms with Gasteiger partial charge >= 0.3 is 0 Å². The number of aromatic nitrogens is 1. The zero-order valence-electron chi connectivity index (χ0n) is 11.3. The molecule has 0 fully saturated rings. The number of benzene rings is 1. The van der Waals surface area contributed by atoms with Crippen molar-refractivity contribution in [1.29, 1.82) is 0 Å². The van der Waals surface area contributed by atoms with Gasteiger partial charge in [0, 0.05) is 18.4 Å². The van der Waals surface area contributed by atoms with Crippen LogP contribution in [0.4, 0.5) is 0 Å². The molecule has 0 aliphatic heterocycles. The number of pyridine rings is 1. The van der Waals surface area contributed by atoms with E-state index in [-0.39, 0.29) is 6.04 Å². The van der Waals surface area contributed by atoms with E-state index in [4.69, 9.17) is 5.73 Å². The lowest BCUT2D eigenvalue weighted by Crippen LogP contribution is -2.27. The van der Waals surface area contributed by atoms with E-state index in [0.717, 1.165) is 12.8 Å². The molecule has 0 saturated carbocycles. The second-order valence-corrected chi connectivity index (χ2v) is 5.53. The topological polar surface area (TPSA) is 38.9 Å². The summed E-state index contributed by atoms with van der Waals surface area (Å²) in [6.45, 7) is 2.12. The third-order valence-corrected chi connectivity index (χ3v) is 4.33. The molecule has 2 nitrogen and oxygen atoms in total. The lowest BCUT2D eigenvalue weighted by Gasteiger charge is -2.30. The van der Waals surface area contributed by atoms with Gasteiger partial charge in [-0.05, 0) is 60.4 Å². The van der Waals surface area contributed by atoms with Crippen LogP contribution in [0.25, 0.3) is 0 Å². The molecule has 1 aliphatic rings. The van der Waals surface area contributed by atoms with Gasteiger partial charge in [0.05, 0.1) is 0 Å². The molecule has 0 radical (unpaired) electrons. The molecule has 0 bridgehead atoms. The van der Waals surface area contributed by atoms with Crippen LogP contribution >= 0.6 is 0 Å². The highest BCUT2D eigenvalue weighted by atomic mass is 14.7. The zero-order chi connectivity index (χ0) is 13.2. The second kappa shape index (κ2) is 5.14. The molecule has 0 spiro atoms. The van der Waals surface area contributed by atoms with Crippen LogP contribution in [0.1, 0.15) is 34.7 Å². The molecule has 19 heavy (non-hydrogen) atoms. The largest absolute Gasteiger partial charge is 0.324 e. The maximum Gasteiger partial charge on any atom is 0.0344 e. The molecule has 1 aliphatic carbocycles. The van der Waals surface area contributed by atoms with Crippen LogP contribution in [-0.4, -0.2) is 4.98 Å². The minimum Gasteiger partial charge on any atom is -0.324 e. The fraction of sp³-hybridized carbons (Fsp3) is 0.353. The van der Waals surface area contributed by atoms with Gasteiger partial charge in [0.15, 0.2) is 0 Å². The predicted octanol–water partition coefficient (Wildman–Crippen LogP) is 3.19. The maximum absolute atomic E-state index is 6.49. The Morgan fingerprint density at radius 3 is 2.79 bits per heavy atom. The van der Waals surface area contributed by atoms with Gasteiger partial charge in [-0.1, -0.05) is 24.3 Å². The van der Waals surface area contributed by atoms with E-state index in [2.05, 4.69) is 36.2 Å². The van der Waals surface area contributed by atoms with Crippen molar-refractivity contribution in [3.05, 3.63) is 65.0 Å². The Morgan fingerprint density at radius 1 is 1.21 bits per heavy atom.